The number of hydrogen-bond acceptors (Lipinski definition) is 0. The molecule has 0 unspecified atom stereocenters. The Labute approximate surface area is 73.8 Å². The molecule has 0 aromatic heterocycles. The average molecular weight is 222 g/mol. The van der Waals surface area contributed by atoms with Gasteiger partial charge in [0.2, 0.25) is 0 Å². The van der Waals surface area contributed by atoms with Gasteiger partial charge >= 0.3 is 6.00 Å². The van der Waals surface area contributed by atoms with Crippen LogP contribution in [0.25, 0.3) is 0 Å². The summed E-state index contributed by atoms with van der Waals surface area (Å²) in [4.78, 5) is 0. The van der Waals surface area contributed by atoms with Gasteiger partial charge in [0.05, 0.1) is 0 Å². The molecular weight excluding hydrogens is 211 g/mol. The average Bonchev–Trinajstić information content (AvgIpc) is 1.63. The third kappa shape index (κ3) is 9.30. The van der Waals surface area contributed by atoms with E-state index < -0.39 is 6.00 Å². The summed E-state index contributed by atoms with van der Waals surface area (Å²) in [6.45, 7) is 2.28. The smallest absolute Gasteiger partial charge is 0.126 e. The van der Waals surface area contributed by atoms with Gasteiger partial charge < -0.3 is 0 Å². The Morgan fingerprint density at radius 3 is 2.22 bits per heavy atom. The van der Waals surface area contributed by atoms with E-state index >= 15 is 0 Å². The molecule has 0 atom stereocenters. The first-order chi connectivity index (χ1) is 4.06. The van der Waals surface area contributed by atoms with Gasteiger partial charge in [-0.05, 0) is 6.04 Å². The minimum atomic E-state index is -2.26. The van der Waals surface area contributed by atoms with Crippen LogP contribution in [0.1, 0.15) is 6.42 Å². The molecular formula is C4H11Cl3Si2. The maximum Gasteiger partial charge on any atom is 0.341 e. The molecule has 0 saturated carbocycles. The molecule has 0 aliphatic heterocycles. The van der Waals surface area contributed by atoms with Crippen LogP contribution in [0.4, 0.5) is 0 Å². The Bertz CT molecular complexity index is 70.7. The zero-order valence-corrected chi connectivity index (χ0v) is 10.1. The zero-order valence-electron chi connectivity index (χ0n) is 5.46. The molecule has 0 bridgehead atoms. The molecule has 0 aliphatic rings. The molecule has 0 fully saturated rings. The van der Waals surface area contributed by atoms with E-state index in [0.29, 0.717) is 0 Å². The van der Waals surface area contributed by atoms with Crippen LogP contribution in [0, 0.1) is 0 Å². The van der Waals surface area contributed by atoms with E-state index in [1.54, 1.807) is 0 Å². The molecule has 0 N–H and O–H groups in total. The fraction of sp³-hybridized carbons (Fsp3) is 1.00. The fourth-order valence-corrected chi connectivity index (χ4v) is 3.68. The molecule has 0 aromatic carbocycles. The Morgan fingerprint density at radius 1 is 1.33 bits per heavy atom. The lowest BCUT2D eigenvalue weighted by molar-refractivity contribution is 1.06. The summed E-state index contributed by atoms with van der Waals surface area (Å²) < 4.78 is 0. The van der Waals surface area contributed by atoms with Gasteiger partial charge in [0.15, 0.2) is 0 Å². The van der Waals surface area contributed by atoms with Crippen molar-refractivity contribution in [3.63, 3.8) is 0 Å². The third-order valence-corrected chi connectivity index (χ3v) is 4.89. The minimum Gasteiger partial charge on any atom is -0.126 e. The highest BCUT2D eigenvalue weighted by molar-refractivity contribution is 7.64. The summed E-state index contributed by atoms with van der Waals surface area (Å²) in [5.41, 5.74) is 0. The van der Waals surface area contributed by atoms with Crippen LogP contribution in [0.5, 0.6) is 0 Å². The van der Waals surface area contributed by atoms with E-state index in [9.17, 15) is 0 Å². The monoisotopic (exact) mass is 220 g/mol. The van der Waals surface area contributed by atoms with E-state index in [1.807, 2.05) is 0 Å². The number of rotatable bonds is 4. The van der Waals surface area contributed by atoms with Crippen molar-refractivity contribution in [1.82, 2.24) is 0 Å². The molecule has 0 amide bonds. The molecule has 5 heteroatoms. The van der Waals surface area contributed by atoms with E-state index in [-0.39, 0.29) is 9.52 Å². The van der Waals surface area contributed by atoms with Crippen molar-refractivity contribution < 1.29 is 0 Å². The summed E-state index contributed by atoms with van der Waals surface area (Å²) in [6, 6.07) is -0.0895. The lowest BCUT2D eigenvalue weighted by Crippen LogP contribution is -2.07. The zero-order chi connectivity index (χ0) is 7.33. The first kappa shape index (κ1) is 10.3. The second-order valence-corrected chi connectivity index (χ2v) is 13.1. The van der Waals surface area contributed by atoms with Crippen molar-refractivity contribution in [1.29, 1.82) is 0 Å². The minimum absolute atomic E-state index is 0.191. The van der Waals surface area contributed by atoms with Crippen LogP contribution >= 0.6 is 33.2 Å². The van der Waals surface area contributed by atoms with Crippen molar-refractivity contribution in [3.05, 3.63) is 0 Å². The van der Waals surface area contributed by atoms with E-state index in [1.165, 1.54) is 6.04 Å². The van der Waals surface area contributed by atoms with Crippen molar-refractivity contribution in [2.24, 2.45) is 0 Å². The van der Waals surface area contributed by atoms with E-state index in [2.05, 4.69) is 6.55 Å². The van der Waals surface area contributed by atoms with Crippen LogP contribution in [0.15, 0.2) is 0 Å². The SMILES string of the molecule is C[SiH2]CCC[Si](Cl)(Cl)Cl. The van der Waals surface area contributed by atoms with Crippen molar-refractivity contribution in [2.45, 2.75) is 25.1 Å². The van der Waals surface area contributed by atoms with Gasteiger partial charge in [0.25, 0.3) is 0 Å². The van der Waals surface area contributed by atoms with E-state index in [4.69, 9.17) is 33.2 Å². The lowest BCUT2D eigenvalue weighted by atomic mass is 10.6. The molecule has 0 rings (SSSR count). The van der Waals surface area contributed by atoms with Crippen LogP contribution in [-0.2, 0) is 0 Å². The molecule has 0 radical (unpaired) electrons. The molecule has 9 heavy (non-hydrogen) atoms. The second-order valence-electron chi connectivity index (χ2n) is 2.07. The quantitative estimate of drug-likeness (QED) is 0.389. The summed E-state index contributed by atoms with van der Waals surface area (Å²) in [5, 5.41) is 0. The first-order valence-corrected chi connectivity index (χ1v) is 10.8. The number of halogens is 3. The predicted molar refractivity (Wildman–Crippen MR) is 52.0 cm³/mol. The van der Waals surface area contributed by atoms with Crippen molar-refractivity contribution in [3.8, 4) is 0 Å². The van der Waals surface area contributed by atoms with Gasteiger partial charge in [-0.15, -0.1) is 33.2 Å². The van der Waals surface area contributed by atoms with Crippen LogP contribution < -0.4 is 0 Å². The predicted octanol–water partition coefficient (Wildman–Crippen LogP) is 2.67. The summed E-state index contributed by atoms with van der Waals surface area (Å²) in [7, 11) is 0.191. The normalized spacial score (nSPS) is 13.3. The third-order valence-electron chi connectivity index (χ3n) is 1.06. The Kier molecular flexibility index (Phi) is 5.75. The lowest BCUT2D eigenvalue weighted by Gasteiger charge is -2.04. The Hall–Kier alpha value is 1.30. The van der Waals surface area contributed by atoms with Crippen LogP contribution in [-0.4, -0.2) is 15.5 Å². The van der Waals surface area contributed by atoms with Crippen LogP contribution in [0.2, 0.25) is 18.6 Å². The second kappa shape index (κ2) is 5.02. The molecule has 0 aliphatic carbocycles. The molecule has 0 spiro atoms. The van der Waals surface area contributed by atoms with Gasteiger partial charge in [0.1, 0.15) is 0 Å². The van der Waals surface area contributed by atoms with E-state index in [0.717, 1.165) is 12.5 Å². The first-order valence-electron chi connectivity index (χ1n) is 3.13. The molecule has 0 aromatic rings. The fourth-order valence-electron chi connectivity index (χ4n) is 0.575. The van der Waals surface area contributed by atoms with Crippen molar-refractivity contribution in [2.75, 3.05) is 0 Å². The Balaban J connectivity index is 3.07. The van der Waals surface area contributed by atoms with Gasteiger partial charge in [-0.1, -0.05) is 19.0 Å². The van der Waals surface area contributed by atoms with Gasteiger partial charge in [-0.2, -0.15) is 0 Å². The molecule has 56 valence electrons. The topological polar surface area (TPSA) is 0 Å². The molecule has 0 saturated heterocycles. The summed E-state index contributed by atoms with van der Waals surface area (Å²) in [6.07, 6.45) is 1.13. The van der Waals surface area contributed by atoms with Gasteiger partial charge in [-0.25, -0.2) is 0 Å². The molecule has 0 nitrogen and oxygen atoms in total. The van der Waals surface area contributed by atoms with Gasteiger partial charge in [0, 0.05) is 9.52 Å². The maximum atomic E-state index is 5.65. The maximum absolute atomic E-state index is 5.65. The summed E-state index contributed by atoms with van der Waals surface area (Å²) >= 11 is 17.0. The van der Waals surface area contributed by atoms with Crippen LogP contribution in [0.3, 0.4) is 0 Å². The Morgan fingerprint density at radius 2 is 1.89 bits per heavy atom. The highest BCUT2D eigenvalue weighted by atomic mass is 35.8. The van der Waals surface area contributed by atoms with Crippen molar-refractivity contribution >= 4 is 48.8 Å². The standard InChI is InChI=1S/C4H11Cl3Si2/c1-8-3-2-4-9(5,6)7/h2-4,8H2,1H3. The largest absolute Gasteiger partial charge is 0.341 e. The molecule has 0 heterocycles. The summed E-state index contributed by atoms with van der Waals surface area (Å²) in [5.74, 6) is 0. The highest BCUT2D eigenvalue weighted by Gasteiger charge is 2.23. The highest BCUT2D eigenvalue weighted by Crippen LogP contribution is 2.26. The van der Waals surface area contributed by atoms with Gasteiger partial charge in [-0.3, -0.25) is 0 Å². The number of hydrogen-bond donors (Lipinski definition) is 0.